The molecule has 0 aliphatic carbocycles. The second-order valence-corrected chi connectivity index (χ2v) is 5.86. The Kier molecular flexibility index (Phi) is 7.76. The molecule has 2 rings (SSSR count). The van der Waals surface area contributed by atoms with Gasteiger partial charge in [-0.15, -0.1) is 0 Å². The first-order chi connectivity index (χ1) is 13.1. The number of pyridine rings is 1. The van der Waals surface area contributed by atoms with E-state index in [9.17, 15) is 9.59 Å². The van der Waals surface area contributed by atoms with E-state index >= 15 is 0 Å². The van der Waals surface area contributed by atoms with E-state index in [1.54, 1.807) is 25.4 Å². The van der Waals surface area contributed by atoms with Gasteiger partial charge in [0.2, 0.25) is 5.88 Å². The minimum atomic E-state index is -0.498. The summed E-state index contributed by atoms with van der Waals surface area (Å²) in [5, 5.41) is 0. The van der Waals surface area contributed by atoms with Crippen LogP contribution in [-0.2, 0) is 20.8 Å². The molecule has 27 heavy (non-hydrogen) atoms. The molecule has 0 atom stereocenters. The number of methoxy groups -OCH3 is 2. The predicted molar refractivity (Wildman–Crippen MR) is 99.5 cm³/mol. The van der Waals surface area contributed by atoms with Gasteiger partial charge in [0.15, 0.2) is 0 Å². The summed E-state index contributed by atoms with van der Waals surface area (Å²) in [5.74, 6) is -0.647. The number of hydrogen-bond donors (Lipinski definition) is 0. The van der Waals surface area contributed by atoms with E-state index in [4.69, 9.17) is 14.2 Å². The zero-order chi connectivity index (χ0) is 19.6. The lowest BCUT2D eigenvalue weighted by molar-refractivity contribution is -0.141. The number of rotatable bonds is 9. The second kappa shape index (κ2) is 10.3. The monoisotopic (exact) mass is 372 g/mol. The van der Waals surface area contributed by atoms with Gasteiger partial charge < -0.3 is 19.1 Å². The van der Waals surface area contributed by atoms with Crippen LogP contribution in [0.15, 0.2) is 42.6 Å². The van der Waals surface area contributed by atoms with Crippen LogP contribution in [-0.4, -0.2) is 55.7 Å². The number of carbonyl (C=O) groups is 2. The first-order valence-electron chi connectivity index (χ1n) is 8.54. The lowest BCUT2D eigenvalue weighted by Crippen LogP contribution is -2.36. The standard InChI is InChI=1S/C20H24N2O5/c1-15-7-4-5-8-16(15)13-22(14-18(23)26-3)20(24)17-9-6-10-21-19(17)27-12-11-25-2/h4-10H,11-14H2,1-3H3. The minimum absolute atomic E-state index is 0.171. The van der Waals surface area contributed by atoms with Crippen LogP contribution >= 0.6 is 0 Å². The number of hydrogen-bond acceptors (Lipinski definition) is 6. The third-order valence-electron chi connectivity index (χ3n) is 3.99. The number of carbonyl (C=O) groups excluding carboxylic acids is 2. The summed E-state index contributed by atoms with van der Waals surface area (Å²) in [6.07, 6.45) is 1.55. The van der Waals surface area contributed by atoms with Gasteiger partial charge in [0.05, 0.1) is 13.7 Å². The molecule has 0 unspecified atom stereocenters. The Hall–Kier alpha value is -2.93. The summed E-state index contributed by atoms with van der Waals surface area (Å²) >= 11 is 0. The van der Waals surface area contributed by atoms with Gasteiger partial charge in [-0.1, -0.05) is 24.3 Å². The molecule has 0 bridgehead atoms. The molecule has 1 heterocycles. The molecule has 0 N–H and O–H groups in total. The number of esters is 1. The molecule has 0 saturated heterocycles. The molecule has 7 nitrogen and oxygen atoms in total. The summed E-state index contributed by atoms with van der Waals surface area (Å²) in [4.78, 5) is 30.5. The Morgan fingerprint density at radius 1 is 1.07 bits per heavy atom. The molecule has 2 aromatic rings. The topological polar surface area (TPSA) is 78.0 Å². The number of benzene rings is 1. The van der Waals surface area contributed by atoms with Gasteiger partial charge in [-0.2, -0.15) is 0 Å². The van der Waals surface area contributed by atoms with Crippen LogP contribution in [0.3, 0.4) is 0 Å². The van der Waals surface area contributed by atoms with Gasteiger partial charge in [0.25, 0.3) is 5.91 Å². The predicted octanol–water partition coefficient (Wildman–Crippen LogP) is 2.23. The van der Waals surface area contributed by atoms with E-state index in [0.29, 0.717) is 6.61 Å². The average Bonchev–Trinajstić information content (AvgIpc) is 2.69. The van der Waals surface area contributed by atoms with E-state index < -0.39 is 5.97 Å². The summed E-state index contributed by atoms with van der Waals surface area (Å²) in [7, 11) is 2.86. The van der Waals surface area contributed by atoms with Gasteiger partial charge >= 0.3 is 5.97 Å². The third-order valence-corrected chi connectivity index (χ3v) is 3.99. The minimum Gasteiger partial charge on any atom is -0.475 e. The summed E-state index contributed by atoms with van der Waals surface area (Å²) < 4.78 is 15.3. The molecule has 1 aromatic heterocycles. The molecule has 0 radical (unpaired) electrons. The fourth-order valence-electron chi connectivity index (χ4n) is 2.47. The van der Waals surface area contributed by atoms with Crippen molar-refractivity contribution >= 4 is 11.9 Å². The maximum Gasteiger partial charge on any atom is 0.325 e. The number of nitrogens with zero attached hydrogens (tertiary/aromatic N) is 2. The molecule has 0 spiro atoms. The fourth-order valence-corrected chi connectivity index (χ4v) is 2.47. The van der Waals surface area contributed by atoms with Crippen molar-refractivity contribution in [2.45, 2.75) is 13.5 Å². The first kappa shape index (κ1) is 20.4. The SMILES string of the molecule is COCCOc1ncccc1C(=O)N(CC(=O)OC)Cc1ccccc1C. The highest BCUT2D eigenvalue weighted by Gasteiger charge is 2.23. The molecule has 7 heteroatoms. The van der Waals surface area contributed by atoms with Crippen molar-refractivity contribution in [2.24, 2.45) is 0 Å². The van der Waals surface area contributed by atoms with Crippen molar-refractivity contribution in [2.75, 3.05) is 34.0 Å². The molecule has 0 fully saturated rings. The van der Waals surface area contributed by atoms with Gasteiger partial charge in [-0.3, -0.25) is 9.59 Å². The van der Waals surface area contributed by atoms with Crippen LogP contribution in [0.2, 0.25) is 0 Å². The van der Waals surface area contributed by atoms with Crippen LogP contribution in [0.4, 0.5) is 0 Å². The highest BCUT2D eigenvalue weighted by Crippen LogP contribution is 2.19. The number of aromatic nitrogens is 1. The zero-order valence-electron chi connectivity index (χ0n) is 15.8. The summed E-state index contributed by atoms with van der Waals surface area (Å²) in [5.41, 5.74) is 2.26. The molecule has 0 saturated carbocycles. The van der Waals surface area contributed by atoms with Gasteiger partial charge in [-0.25, -0.2) is 4.98 Å². The molecule has 0 aliphatic rings. The maximum atomic E-state index is 13.1. The Morgan fingerprint density at radius 2 is 1.85 bits per heavy atom. The third kappa shape index (κ3) is 5.79. The van der Waals surface area contributed by atoms with Crippen molar-refractivity contribution in [1.82, 2.24) is 9.88 Å². The Morgan fingerprint density at radius 3 is 2.56 bits per heavy atom. The quantitative estimate of drug-likeness (QED) is 0.496. The lowest BCUT2D eigenvalue weighted by Gasteiger charge is -2.23. The summed E-state index contributed by atoms with van der Waals surface area (Å²) in [6, 6.07) is 11.0. The Bertz CT molecular complexity index is 778. The van der Waals surface area contributed by atoms with Crippen molar-refractivity contribution < 1.29 is 23.8 Å². The second-order valence-electron chi connectivity index (χ2n) is 5.86. The van der Waals surface area contributed by atoms with Gasteiger partial charge in [0.1, 0.15) is 18.7 Å². The van der Waals surface area contributed by atoms with E-state index in [-0.39, 0.29) is 37.0 Å². The Labute approximate surface area is 158 Å². The molecule has 144 valence electrons. The number of ether oxygens (including phenoxy) is 3. The number of aryl methyl sites for hydroxylation is 1. The van der Waals surface area contributed by atoms with Gasteiger partial charge in [0, 0.05) is 19.9 Å². The van der Waals surface area contributed by atoms with Gasteiger partial charge in [-0.05, 0) is 30.2 Å². The van der Waals surface area contributed by atoms with Crippen molar-refractivity contribution in [1.29, 1.82) is 0 Å². The van der Waals surface area contributed by atoms with E-state index in [2.05, 4.69) is 4.98 Å². The van der Waals surface area contributed by atoms with E-state index in [0.717, 1.165) is 11.1 Å². The zero-order valence-corrected chi connectivity index (χ0v) is 15.8. The van der Waals surface area contributed by atoms with Crippen LogP contribution < -0.4 is 4.74 Å². The fraction of sp³-hybridized carbons (Fsp3) is 0.350. The van der Waals surface area contributed by atoms with Crippen molar-refractivity contribution in [3.05, 3.63) is 59.3 Å². The molecule has 0 aliphatic heterocycles. The molecular weight excluding hydrogens is 348 g/mol. The molecule has 1 aromatic carbocycles. The largest absolute Gasteiger partial charge is 0.475 e. The van der Waals surface area contributed by atoms with Crippen LogP contribution in [0.25, 0.3) is 0 Å². The van der Waals surface area contributed by atoms with Crippen LogP contribution in [0.1, 0.15) is 21.5 Å². The van der Waals surface area contributed by atoms with Crippen LogP contribution in [0, 0.1) is 6.92 Å². The highest BCUT2D eigenvalue weighted by molar-refractivity contribution is 5.97. The van der Waals surface area contributed by atoms with E-state index in [1.165, 1.54) is 12.0 Å². The normalized spacial score (nSPS) is 10.3. The first-order valence-corrected chi connectivity index (χ1v) is 8.54. The Balaban J connectivity index is 2.28. The van der Waals surface area contributed by atoms with Crippen molar-refractivity contribution in [3.63, 3.8) is 0 Å². The van der Waals surface area contributed by atoms with Crippen LogP contribution in [0.5, 0.6) is 5.88 Å². The van der Waals surface area contributed by atoms with Crippen molar-refractivity contribution in [3.8, 4) is 5.88 Å². The summed E-state index contributed by atoms with van der Waals surface area (Å²) in [6.45, 7) is 2.70. The maximum absolute atomic E-state index is 13.1. The smallest absolute Gasteiger partial charge is 0.325 e. The highest BCUT2D eigenvalue weighted by atomic mass is 16.5. The molecular formula is C20H24N2O5. The van der Waals surface area contributed by atoms with E-state index in [1.807, 2.05) is 31.2 Å². The average molecular weight is 372 g/mol. The molecule has 1 amide bonds. The number of amides is 1. The lowest BCUT2D eigenvalue weighted by atomic mass is 10.1.